The molecule has 0 fully saturated rings. The summed E-state index contributed by atoms with van der Waals surface area (Å²) in [7, 11) is 3.91. The summed E-state index contributed by atoms with van der Waals surface area (Å²) >= 11 is 0. The van der Waals surface area contributed by atoms with E-state index in [0.29, 0.717) is 13.0 Å². The average molecular weight is 334 g/mol. The lowest BCUT2D eigenvalue weighted by Crippen LogP contribution is -2.11. The van der Waals surface area contributed by atoms with Crippen LogP contribution in [-0.4, -0.2) is 29.9 Å². The van der Waals surface area contributed by atoms with Crippen molar-refractivity contribution in [2.24, 2.45) is 0 Å². The number of carbonyl (C=O) groups is 1. The van der Waals surface area contributed by atoms with E-state index in [1.165, 1.54) is 44.9 Å². The van der Waals surface area contributed by atoms with Gasteiger partial charge >= 0.3 is 0 Å². The molecule has 0 atom stereocenters. The number of carbonyl (C=O) groups excluding carboxylic acids is 1. The molecule has 0 bridgehead atoms. The Morgan fingerprint density at radius 1 is 0.958 bits per heavy atom. The largest absolute Gasteiger partial charge is 0.508 e. The van der Waals surface area contributed by atoms with E-state index < -0.39 is 0 Å². The summed E-state index contributed by atoms with van der Waals surface area (Å²) in [6, 6.07) is 5.22. The van der Waals surface area contributed by atoms with Crippen LogP contribution in [0.1, 0.15) is 87.1 Å². The zero-order valence-corrected chi connectivity index (χ0v) is 15.8. The van der Waals surface area contributed by atoms with Crippen molar-refractivity contribution in [3.63, 3.8) is 0 Å². The van der Waals surface area contributed by atoms with E-state index in [4.69, 9.17) is 0 Å². The second-order valence-electron chi connectivity index (χ2n) is 7.08. The van der Waals surface area contributed by atoms with Crippen LogP contribution in [0.4, 0.5) is 0 Å². The van der Waals surface area contributed by atoms with Crippen molar-refractivity contribution >= 4 is 5.78 Å². The van der Waals surface area contributed by atoms with Crippen molar-refractivity contribution in [2.75, 3.05) is 14.1 Å². The fraction of sp³-hybridized carbons (Fsp3) is 0.667. The van der Waals surface area contributed by atoms with Crippen LogP contribution in [0, 0.1) is 0 Å². The SMILES string of the molecule is CCCCCCCCCCCC(=O)c1ccc(O)c(CN(C)C)c1. The molecule has 0 radical (unpaired) electrons. The van der Waals surface area contributed by atoms with Gasteiger partial charge in [-0.1, -0.05) is 58.3 Å². The first-order valence-electron chi connectivity index (χ1n) is 9.54. The molecule has 0 amide bonds. The number of rotatable bonds is 13. The van der Waals surface area contributed by atoms with Crippen LogP contribution in [0.15, 0.2) is 18.2 Å². The molecule has 24 heavy (non-hydrogen) atoms. The molecule has 3 nitrogen and oxygen atoms in total. The molecule has 0 saturated carbocycles. The van der Waals surface area contributed by atoms with E-state index in [-0.39, 0.29) is 11.5 Å². The minimum Gasteiger partial charge on any atom is -0.508 e. The molecule has 1 aromatic rings. The van der Waals surface area contributed by atoms with Gasteiger partial charge in [0.1, 0.15) is 5.75 Å². The zero-order chi connectivity index (χ0) is 17.8. The van der Waals surface area contributed by atoms with Gasteiger partial charge in [0.2, 0.25) is 0 Å². The minimum absolute atomic E-state index is 0.193. The number of hydrogen-bond acceptors (Lipinski definition) is 3. The number of unbranched alkanes of at least 4 members (excludes halogenated alkanes) is 8. The molecular formula is C21H35NO2. The predicted octanol–water partition coefficient (Wildman–Crippen LogP) is 5.56. The van der Waals surface area contributed by atoms with Crippen LogP contribution in [0.25, 0.3) is 0 Å². The molecular weight excluding hydrogens is 298 g/mol. The first-order chi connectivity index (χ1) is 11.5. The zero-order valence-electron chi connectivity index (χ0n) is 15.8. The first-order valence-corrected chi connectivity index (χ1v) is 9.54. The molecule has 0 unspecified atom stereocenters. The van der Waals surface area contributed by atoms with Gasteiger partial charge in [0.25, 0.3) is 0 Å². The van der Waals surface area contributed by atoms with Crippen LogP contribution < -0.4 is 0 Å². The summed E-state index contributed by atoms with van der Waals surface area (Å²) in [5.41, 5.74) is 1.54. The third kappa shape index (κ3) is 8.49. The molecule has 0 heterocycles. The lowest BCUT2D eigenvalue weighted by Gasteiger charge is -2.12. The Labute approximate surface area is 148 Å². The quantitative estimate of drug-likeness (QED) is 0.379. The van der Waals surface area contributed by atoms with Gasteiger partial charge < -0.3 is 10.0 Å². The van der Waals surface area contributed by atoms with Gasteiger partial charge in [0.05, 0.1) is 0 Å². The molecule has 1 rings (SSSR count). The molecule has 0 aliphatic rings. The molecule has 0 spiro atoms. The third-order valence-corrected chi connectivity index (χ3v) is 4.40. The second-order valence-corrected chi connectivity index (χ2v) is 7.08. The highest BCUT2D eigenvalue weighted by molar-refractivity contribution is 5.96. The van der Waals surface area contributed by atoms with Gasteiger partial charge in [-0.05, 0) is 38.7 Å². The summed E-state index contributed by atoms with van der Waals surface area (Å²) in [4.78, 5) is 14.3. The molecule has 0 saturated heterocycles. The van der Waals surface area contributed by atoms with E-state index in [0.717, 1.165) is 24.0 Å². The maximum Gasteiger partial charge on any atom is 0.162 e. The van der Waals surface area contributed by atoms with Crippen molar-refractivity contribution in [3.05, 3.63) is 29.3 Å². The summed E-state index contributed by atoms with van der Waals surface area (Å²) in [5, 5.41) is 9.88. The highest BCUT2D eigenvalue weighted by Crippen LogP contribution is 2.21. The van der Waals surface area contributed by atoms with E-state index in [9.17, 15) is 9.90 Å². The van der Waals surface area contributed by atoms with Gasteiger partial charge in [0, 0.05) is 24.1 Å². The summed E-state index contributed by atoms with van der Waals surface area (Å²) in [6.07, 6.45) is 12.0. The van der Waals surface area contributed by atoms with Crippen molar-refractivity contribution in [1.82, 2.24) is 4.90 Å². The number of Topliss-reactive ketones (excluding diaryl/α,β-unsaturated/α-hetero) is 1. The molecule has 136 valence electrons. The molecule has 0 aromatic heterocycles. The van der Waals surface area contributed by atoms with E-state index in [1.54, 1.807) is 12.1 Å². The van der Waals surface area contributed by atoms with Crippen molar-refractivity contribution in [2.45, 2.75) is 77.7 Å². The Kier molecular flexibility index (Phi) is 10.4. The fourth-order valence-corrected chi connectivity index (χ4v) is 2.97. The van der Waals surface area contributed by atoms with Gasteiger partial charge in [-0.15, -0.1) is 0 Å². The highest BCUT2D eigenvalue weighted by atomic mass is 16.3. The standard InChI is InChI=1S/C21H35NO2/c1-4-5-6-7-8-9-10-11-12-13-20(23)18-14-15-21(24)19(16-18)17-22(2)3/h14-16,24H,4-13,17H2,1-3H3. The number of phenols is 1. The number of ketones is 1. The molecule has 3 heteroatoms. The van der Waals surface area contributed by atoms with Gasteiger partial charge in [-0.25, -0.2) is 0 Å². The Hall–Kier alpha value is -1.35. The monoisotopic (exact) mass is 333 g/mol. The number of phenolic OH excluding ortho intramolecular Hbond substituents is 1. The number of hydrogen-bond donors (Lipinski definition) is 1. The topological polar surface area (TPSA) is 40.5 Å². The molecule has 0 aliphatic carbocycles. The maximum atomic E-state index is 12.3. The number of aromatic hydroxyl groups is 1. The van der Waals surface area contributed by atoms with E-state index >= 15 is 0 Å². The Balaban J connectivity index is 2.25. The van der Waals surface area contributed by atoms with Gasteiger partial charge in [-0.3, -0.25) is 4.79 Å². The number of benzene rings is 1. The second kappa shape index (κ2) is 12.1. The van der Waals surface area contributed by atoms with Crippen LogP contribution in [0.3, 0.4) is 0 Å². The normalized spacial score (nSPS) is 11.2. The number of nitrogens with zero attached hydrogens (tertiary/aromatic N) is 1. The Morgan fingerprint density at radius 3 is 2.12 bits per heavy atom. The van der Waals surface area contributed by atoms with Crippen LogP contribution in [0.5, 0.6) is 5.75 Å². The van der Waals surface area contributed by atoms with E-state index in [2.05, 4.69) is 6.92 Å². The summed E-state index contributed by atoms with van der Waals surface area (Å²) < 4.78 is 0. The minimum atomic E-state index is 0.193. The molecule has 0 aliphatic heterocycles. The smallest absolute Gasteiger partial charge is 0.162 e. The van der Waals surface area contributed by atoms with Crippen molar-refractivity contribution in [3.8, 4) is 5.75 Å². The Bertz CT molecular complexity index is 483. The molecule has 1 aromatic carbocycles. The fourth-order valence-electron chi connectivity index (χ4n) is 2.97. The average Bonchev–Trinajstić information content (AvgIpc) is 2.54. The lowest BCUT2D eigenvalue weighted by molar-refractivity contribution is 0.0979. The maximum absolute atomic E-state index is 12.3. The van der Waals surface area contributed by atoms with Crippen molar-refractivity contribution in [1.29, 1.82) is 0 Å². The van der Waals surface area contributed by atoms with E-state index in [1.807, 2.05) is 25.1 Å². The molecule has 1 N–H and O–H groups in total. The highest BCUT2D eigenvalue weighted by Gasteiger charge is 2.10. The summed E-state index contributed by atoms with van der Waals surface area (Å²) in [6.45, 7) is 2.89. The lowest BCUT2D eigenvalue weighted by atomic mass is 10.0. The van der Waals surface area contributed by atoms with Gasteiger partial charge in [0.15, 0.2) is 5.78 Å². The van der Waals surface area contributed by atoms with Crippen LogP contribution in [0.2, 0.25) is 0 Å². The van der Waals surface area contributed by atoms with Gasteiger partial charge in [-0.2, -0.15) is 0 Å². The van der Waals surface area contributed by atoms with Crippen LogP contribution in [-0.2, 0) is 6.54 Å². The first kappa shape index (κ1) is 20.7. The van der Waals surface area contributed by atoms with Crippen molar-refractivity contribution < 1.29 is 9.90 Å². The Morgan fingerprint density at radius 2 is 1.54 bits per heavy atom. The third-order valence-electron chi connectivity index (χ3n) is 4.40. The predicted molar refractivity (Wildman–Crippen MR) is 102 cm³/mol. The van der Waals surface area contributed by atoms with Crippen LogP contribution >= 0.6 is 0 Å². The summed E-state index contributed by atoms with van der Waals surface area (Å²) in [5.74, 6) is 0.460.